The van der Waals surface area contributed by atoms with E-state index >= 15 is 0 Å². The molecule has 0 atom stereocenters. The van der Waals surface area contributed by atoms with Crippen molar-refractivity contribution < 1.29 is 26.2 Å². The van der Waals surface area contributed by atoms with Crippen molar-refractivity contribution in [2.24, 2.45) is 0 Å². The molecule has 0 unspecified atom stereocenters. The van der Waals surface area contributed by atoms with Gasteiger partial charge in [-0.05, 0) is 36.8 Å². The van der Waals surface area contributed by atoms with E-state index in [0.717, 1.165) is 12.1 Å². The highest BCUT2D eigenvalue weighted by atomic mass is 32.2. The number of hydrogen-bond acceptors (Lipinski definition) is 4. The first-order chi connectivity index (χ1) is 10.7. The first-order valence-corrected chi connectivity index (χ1v) is 7.87. The number of halogens is 2. The van der Waals surface area contributed by atoms with Gasteiger partial charge >= 0.3 is 10.1 Å². The van der Waals surface area contributed by atoms with Crippen LogP contribution in [0.1, 0.15) is 12.5 Å². The maximum atomic E-state index is 13.6. The first-order valence-electron chi connectivity index (χ1n) is 6.47. The largest absolute Gasteiger partial charge is 0.376 e. The van der Waals surface area contributed by atoms with E-state index in [-0.39, 0.29) is 16.5 Å². The van der Waals surface area contributed by atoms with Crippen LogP contribution in [0.15, 0.2) is 41.3 Å². The fourth-order valence-corrected chi connectivity index (χ4v) is 3.05. The number of rotatable bonds is 4. The van der Waals surface area contributed by atoms with E-state index in [9.17, 15) is 22.0 Å². The average Bonchev–Trinajstić information content (AvgIpc) is 2.43. The molecule has 0 aliphatic rings. The minimum Gasteiger partial charge on any atom is -0.376 e. The standard InChI is InChI=1S/C15H13F2NO4S/c1-9-3-5-12(18-10(2)19)8-15(9)23(20,21)22-14-6-4-11(16)7-13(14)17/h3-8H,1-2H3,(H,18,19). The van der Waals surface area contributed by atoms with Gasteiger partial charge in [-0.15, -0.1) is 0 Å². The van der Waals surface area contributed by atoms with E-state index in [0.29, 0.717) is 11.6 Å². The number of amides is 1. The molecule has 8 heteroatoms. The summed E-state index contributed by atoms with van der Waals surface area (Å²) in [5.74, 6) is -2.97. The van der Waals surface area contributed by atoms with Crippen molar-refractivity contribution in [1.29, 1.82) is 0 Å². The second-order valence-electron chi connectivity index (χ2n) is 4.77. The molecule has 0 bridgehead atoms. The van der Waals surface area contributed by atoms with Crippen LogP contribution in [-0.4, -0.2) is 14.3 Å². The Bertz CT molecular complexity index is 866. The molecule has 1 amide bonds. The van der Waals surface area contributed by atoms with Crippen molar-refractivity contribution in [2.75, 3.05) is 5.32 Å². The van der Waals surface area contributed by atoms with Gasteiger partial charge in [0.15, 0.2) is 11.6 Å². The lowest BCUT2D eigenvalue weighted by Gasteiger charge is -2.11. The zero-order valence-corrected chi connectivity index (χ0v) is 13.1. The Kier molecular flexibility index (Phi) is 4.65. The molecule has 0 saturated heterocycles. The molecule has 0 aromatic heterocycles. The number of aryl methyl sites for hydroxylation is 1. The van der Waals surface area contributed by atoms with Gasteiger partial charge in [0.05, 0.1) is 0 Å². The van der Waals surface area contributed by atoms with E-state index in [2.05, 4.69) is 5.32 Å². The molecule has 0 heterocycles. The van der Waals surface area contributed by atoms with Crippen LogP contribution in [0.2, 0.25) is 0 Å². The Morgan fingerprint density at radius 1 is 1.13 bits per heavy atom. The quantitative estimate of drug-likeness (QED) is 0.868. The van der Waals surface area contributed by atoms with Crippen LogP contribution in [0, 0.1) is 18.6 Å². The highest BCUT2D eigenvalue weighted by Gasteiger charge is 2.22. The van der Waals surface area contributed by atoms with Gasteiger partial charge in [-0.2, -0.15) is 8.42 Å². The molecule has 0 radical (unpaired) electrons. The van der Waals surface area contributed by atoms with Crippen molar-refractivity contribution in [3.63, 3.8) is 0 Å². The van der Waals surface area contributed by atoms with Crippen LogP contribution in [0.3, 0.4) is 0 Å². The van der Waals surface area contributed by atoms with Crippen LogP contribution in [-0.2, 0) is 14.9 Å². The second kappa shape index (κ2) is 6.33. The molecular weight excluding hydrogens is 328 g/mol. The maximum Gasteiger partial charge on any atom is 0.339 e. The number of benzene rings is 2. The molecule has 0 aliphatic heterocycles. The van der Waals surface area contributed by atoms with Crippen LogP contribution >= 0.6 is 0 Å². The van der Waals surface area contributed by atoms with Gasteiger partial charge in [0.1, 0.15) is 10.7 Å². The van der Waals surface area contributed by atoms with E-state index in [1.54, 1.807) is 0 Å². The lowest BCUT2D eigenvalue weighted by Crippen LogP contribution is -2.13. The summed E-state index contributed by atoms with van der Waals surface area (Å²) < 4.78 is 55.8. The zero-order chi connectivity index (χ0) is 17.2. The summed E-state index contributed by atoms with van der Waals surface area (Å²) in [6, 6.07) is 6.49. The van der Waals surface area contributed by atoms with Gasteiger partial charge in [0, 0.05) is 18.7 Å². The Labute approximate surface area is 132 Å². The van der Waals surface area contributed by atoms with Crippen molar-refractivity contribution in [3.05, 3.63) is 53.6 Å². The smallest absolute Gasteiger partial charge is 0.339 e. The molecule has 0 fully saturated rings. The van der Waals surface area contributed by atoms with Gasteiger partial charge in [0.25, 0.3) is 0 Å². The van der Waals surface area contributed by atoms with Gasteiger partial charge in [-0.25, -0.2) is 8.78 Å². The van der Waals surface area contributed by atoms with E-state index < -0.39 is 27.5 Å². The molecule has 0 aliphatic carbocycles. The molecule has 122 valence electrons. The van der Waals surface area contributed by atoms with E-state index in [1.165, 1.54) is 32.0 Å². The number of hydrogen-bond donors (Lipinski definition) is 1. The van der Waals surface area contributed by atoms with Gasteiger partial charge in [0.2, 0.25) is 5.91 Å². The number of carbonyl (C=O) groups excluding carboxylic acids is 1. The predicted octanol–water partition coefficient (Wildman–Crippen LogP) is 3.00. The highest BCUT2D eigenvalue weighted by molar-refractivity contribution is 7.87. The third kappa shape index (κ3) is 4.04. The van der Waals surface area contributed by atoms with E-state index in [4.69, 9.17) is 4.18 Å². The van der Waals surface area contributed by atoms with Gasteiger partial charge in [-0.3, -0.25) is 4.79 Å². The lowest BCUT2D eigenvalue weighted by atomic mass is 10.2. The minimum absolute atomic E-state index is 0.229. The van der Waals surface area contributed by atoms with Crippen LogP contribution in [0.25, 0.3) is 0 Å². The summed E-state index contributed by atoms with van der Waals surface area (Å²) >= 11 is 0. The lowest BCUT2D eigenvalue weighted by molar-refractivity contribution is -0.114. The molecule has 2 rings (SSSR count). The number of anilines is 1. The monoisotopic (exact) mass is 341 g/mol. The number of carbonyl (C=O) groups is 1. The molecule has 2 aromatic rings. The summed E-state index contributed by atoms with van der Waals surface area (Å²) in [4.78, 5) is 10.8. The Balaban J connectivity index is 2.40. The SMILES string of the molecule is CC(=O)Nc1ccc(C)c(S(=O)(=O)Oc2ccc(F)cc2F)c1. The molecule has 23 heavy (non-hydrogen) atoms. The predicted molar refractivity (Wildman–Crippen MR) is 79.7 cm³/mol. The fourth-order valence-electron chi connectivity index (χ4n) is 1.86. The van der Waals surface area contributed by atoms with Crippen LogP contribution < -0.4 is 9.50 Å². The Morgan fingerprint density at radius 2 is 1.83 bits per heavy atom. The summed E-state index contributed by atoms with van der Waals surface area (Å²) in [7, 11) is -4.35. The summed E-state index contributed by atoms with van der Waals surface area (Å²) in [5, 5.41) is 2.44. The molecule has 2 aromatic carbocycles. The van der Waals surface area contributed by atoms with E-state index in [1.807, 2.05) is 0 Å². The third-order valence-corrected chi connectivity index (χ3v) is 4.25. The average molecular weight is 341 g/mol. The van der Waals surface area contributed by atoms with Crippen LogP contribution in [0.5, 0.6) is 5.75 Å². The molecule has 1 N–H and O–H groups in total. The minimum atomic E-state index is -4.35. The topological polar surface area (TPSA) is 72.5 Å². The molecule has 0 spiro atoms. The highest BCUT2D eigenvalue weighted by Crippen LogP contribution is 2.26. The van der Waals surface area contributed by atoms with Crippen molar-refractivity contribution >= 4 is 21.7 Å². The Hall–Kier alpha value is -2.48. The van der Waals surface area contributed by atoms with Crippen LogP contribution in [0.4, 0.5) is 14.5 Å². The second-order valence-corrected chi connectivity index (χ2v) is 6.29. The molecular formula is C15H13F2NO4S. The Morgan fingerprint density at radius 3 is 2.43 bits per heavy atom. The number of nitrogens with one attached hydrogen (secondary N) is 1. The van der Waals surface area contributed by atoms with Crippen molar-refractivity contribution in [3.8, 4) is 5.75 Å². The van der Waals surface area contributed by atoms with Crippen molar-refractivity contribution in [1.82, 2.24) is 0 Å². The molecule has 0 saturated carbocycles. The van der Waals surface area contributed by atoms with Gasteiger partial charge < -0.3 is 9.50 Å². The normalized spacial score (nSPS) is 11.1. The summed E-state index contributed by atoms with van der Waals surface area (Å²) in [5.41, 5.74) is 0.603. The first kappa shape index (κ1) is 16.9. The van der Waals surface area contributed by atoms with Crippen molar-refractivity contribution in [2.45, 2.75) is 18.7 Å². The van der Waals surface area contributed by atoms with Gasteiger partial charge in [-0.1, -0.05) is 6.07 Å². The summed E-state index contributed by atoms with van der Waals surface area (Å²) in [6.45, 7) is 2.80. The fraction of sp³-hybridized carbons (Fsp3) is 0.133. The molecule has 5 nitrogen and oxygen atoms in total. The maximum absolute atomic E-state index is 13.6. The third-order valence-electron chi connectivity index (χ3n) is 2.87. The zero-order valence-electron chi connectivity index (χ0n) is 12.3. The summed E-state index contributed by atoms with van der Waals surface area (Å²) in [6.07, 6.45) is 0.